The second kappa shape index (κ2) is 5.71. The molecule has 1 rings (SSSR count). The van der Waals surface area contributed by atoms with E-state index in [0.29, 0.717) is 11.5 Å². The second-order valence-electron chi connectivity index (χ2n) is 4.69. The van der Waals surface area contributed by atoms with Crippen molar-refractivity contribution in [2.75, 3.05) is 18.0 Å². The van der Waals surface area contributed by atoms with E-state index in [1.807, 2.05) is 6.07 Å². The molecule has 0 bridgehead atoms. The number of ketones is 1. The number of benzene rings is 1. The van der Waals surface area contributed by atoms with E-state index in [1.165, 1.54) is 6.92 Å². The minimum atomic E-state index is -0.110. The molecule has 0 unspecified atom stereocenters. The third kappa shape index (κ3) is 3.48. The average molecular weight is 235 g/mol. The number of aromatic hydroxyl groups is 1. The Labute approximate surface area is 103 Å². The molecule has 0 aliphatic rings. The van der Waals surface area contributed by atoms with Crippen LogP contribution in [0.4, 0.5) is 5.69 Å². The van der Waals surface area contributed by atoms with Crippen molar-refractivity contribution >= 4 is 11.5 Å². The normalized spacial score (nSPS) is 10.6. The van der Waals surface area contributed by atoms with Gasteiger partial charge in [-0.05, 0) is 31.9 Å². The molecule has 3 heteroatoms. The van der Waals surface area contributed by atoms with Crippen LogP contribution in [0.1, 0.15) is 38.1 Å². The lowest BCUT2D eigenvalue weighted by molar-refractivity contribution is 0.101. The summed E-state index contributed by atoms with van der Waals surface area (Å²) in [7, 11) is 0. The highest BCUT2D eigenvalue weighted by Crippen LogP contribution is 2.25. The highest BCUT2D eigenvalue weighted by Gasteiger charge is 2.11. The van der Waals surface area contributed by atoms with Crippen molar-refractivity contribution in [3.05, 3.63) is 23.8 Å². The molecule has 0 fully saturated rings. The van der Waals surface area contributed by atoms with Crippen LogP contribution in [0.15, 0.2) is 18.2 Å². The molecule has 1 aromatic carbocycles. The first-order valence-corrected chi connectivity index (χ1v) is 6.04. The Bertz CT molecular complexity index is 399. The largest absolute Gasteiger partial charge is 0.507 e. The number of rotatable bonds is 5. The van der Waals surface area contributed by atoms with Crippen LogP contribution in [0.5, 0.6) is 5.75 Å². The highest BCUT2D eigenvalue weighted by atomic mass is 16.3. The van der Waals surface area contributed by atoms with Gasteiger partial charge in [0.25, 0.3) is 0 Å². The van der Waals surface area contributed by atoms with Crippen molar-refractivity contribution in [2.45, 2.75) is 27.7 Å². The summed E-state index contributed by atoms with van der Waals surface area (Å²) >= 11 is 0. The molecule has 0 saturated heterocycles. The van der Waals surface area contributed by atoms with E-state index in [0.717, 1.165) is 18.8 Å². The van der Waals surface area contributed by atoms with Crippen molar-refractivity contribution in [1.29, 1.82) is 0 Å². The molecule has 0 spiro atoms. The first kappa shape index (κ1) is 13.6. The third-order valence-electron chi connectivity index (χ3n) is 2.69. The summed E-state index contributed by atoms with van der Waals surface area (Å²) in [5.74, 6) is 0.516. The van der Waals surface area contributed by atoms with Crippen LogP contribution in [0.2, 0.25) is 0 Å². The zero-order valence-corrected chi connectivity index (χ0v) is 11.0. The Morgan fingerprint density at radius 1 is 1.41 bits per heavy atom. The van der Waals surface area contributed by atoms with E-state index in [1.54, 1.807) is 12.1 Å². The van der Waals surface area contributed by atoms with Gasteiger partial charge in [-0.1, -0.05) is 13.8 Å². The molecule has 0 heterocycles. The van der Waals surface area contributed by atoms with E-state index in [-0.39, 0.29) is 11.5 Å². The Morgan fingerprint density at radius 3 is 2.47 bits per heavy atom. The fourth-order valence-electron chi connectivity index (χ4n) is 1.87. The van der Waals surface area contributed by atoms with Gasteiger partial charge in [0.2, 0.25) is 0 Å². The Hall–Kier alpha value is -1.51. The molecule has 3 nitrogen and oxygen atoms in total. The number of phenolic OH excluding ortho intramolecular Hbond substituents is 1. The number of Topliss-reactive ketones (excluding diaryl/α,β-unsaturated/α-hetero) is 1. The number of hydrogen-bond acceptors (Lipinski definition) is 3. The molecule has 0 amide bonds. The monoisotopic (exact) mass is 235 g/mol. The molecular weight excluding hydrogens is 214 g/mol. The minimum absolute atomic E-state index is 0.0669. The van der Waals surface area contributed by atoms with E-state index in [9.17, 15) is 9.90 Å². The van der Waals surface area contributed by atoms with Crippen LogP contribution in [0.25, 0.3) is 0 Å². The molecule has 0 aliphatic carbocycles. The van der Waals surface area contributed by atoms with Crippen molar-refractivity contribution in [2.24, 2.45) is 5.92 Å². The highest BCUT2D eigenvalue weighted by molar-refractivity contribution is 5.97. The topological polar surface area (TPSA) is 40.5 Å². The van der Waals surface area contributed by atoms with Crippen molar-refractivity contribution < 1.29 is 9.90 Å². The predicted octanol–water partition coefficient (Wildman–Crippen LogP) is 3.08. The Balaban J connectivity index is 2.98. The van der Waals surface area contributed by atoms with Crippen LogP contribution in [0, 0.1) is 5.92 Å². The standard InChI is InChI=1S/C14H21NO2/c1-5-15(9-10(2)3)12-6-7-13(11(4)16)14(17)8-12/h6-8,10,17H,5,9H2,1-4H3. The fraction of sp³-hybridized carbons (Fsp3) is 0.500. The van der Waals surface area contributed by atoms with Crippen LogP contribution >= 0.6 is 0 Å². The van der Waals surface area contributed by atoms with Crippen molar-refractivity contribution in [3.8, 4) is 5.75 Å². The second-order valence-corrected chi connectivity index (χ2v) is 4.69. The van der Waals surface area contributed by atoms with Crippen LogP contribution in [-0.4, -0.2) is 24.0 Å². The summed E-state index contributed by atoms with van der Waals surface area (Å²) in [6.07, 6.45) is 0. The van der Waals surface area contributed by atoms with Gasteiger partial charge in [-0.2, -0.15) is 0 Å². The van der Waals surface area contributed by atoms with Gasteiger partial charge in [-0.25, -0.2) is 0 Å². The van der Waals surface area contributed by atoms with Gasteiger partial charge in [0, 0.05) is 24.8 Å². The fourth-order valence-corrected chi connectivity index (χ4v) is 1.87. The first-order chi connectivity index (χ1) is 7.95. The predicted molar refractivity (Wildman–Crippen MR) is 70.8 cm³/mol. The molecule has 1 aromatic rings. The lowest BCUT2D eigenvalue weighted by Crippen LogP contribution is -2.27. The van der Waals surface area contributed by atoms with Crippen molar-refractivity contribution in [1.82, 2.24) is 0 Å². The molecule has 0 saturated carbocycles. The SMILES string of the molecule is CCN(CC(C)C)c1ccc(C(C)=O)c(O)c1. The zero-order valence-electron chi connectivity index (χ0n) is 11.0. The Morgan fingerprint density at radius 2 is 2.06 bits per heavy atom. The molecule has 17 heavy (non-hydrogen) atoms. The Kier molecular flexibility index (Phi) is 4.55. The van der Waals surface area contributed by atoms with Gasteiger partial charge in [-0.3, -0.25) is 4.79 Å². The molecule has 0 aliphatic heterocycles. The summed E-state index contributed by atoms with van der Waals surface area (Å²) < 4.78 is 0. The summed E-state index contributed by atoms with van der Waals surface area (Å²) in [5, 5.41) is 9.79. The van der Waals surface area contributed by atoms with Gasteiger partial charge in [0.05, 0.1) is 5.56 Å². The third-order valence-corrected chi connectivity index (χ3v) is 2.69. The lowest BCUT2D eigenvalue weighted by Gasteiger charge is -2.25. The summed E-state index contributed by atoms with van der Waals surface area (Å²) in [4.78, 5) is 13.4. The summed E-state index contributed by atoms with van der Waals surface area (Å²) in [5.41, 5.74) is 1.35. The number of anilines is 1. The number of phenols is 1. The molecule has 1 N–H and O–H groups in total. The van der Waals surface area contributed by atoms with Crippen molar-refractivity contribution in [3.63, 3.8) is 0 Å². The smallest absolute Gasteiger partial charge is 0.163 e. The molecule has 0 atom stereocenters. The number of nitrogens with zero attached hydrogens (tertiary/aromatic N) is 1. The number of carbonyl (C=O) groups excluding carboxylic acids is 1. The molecular formula is C14H21NO2. The maximum atomic E-state index is 11.2. The van der Waals surface area contributed by atoms with Gasteiger partial charge < -0.3 is 10.0 Å². The van der Waals surface area contributed by atoms with Gasteiger partial charge >= 0.3 is 0 Å². The van der Waals surface area contributed by atoms with E-state index < -0.39 is 0 Å². The summed E-state index contributed by atoms with van der Waals surface area (Å²) in [6.45, 7) is 9.68. The molecule has 0 aromatic heterocycles. The maximum absolute atomic E-state index is 11.2. The maximum Gasteiger partial charge on any atom is 0.163 e. The first-order valence-electron chi connectivity index (χ1n) is 6.04. The molecule has 0 radical (unpaired) electrons. The molecule has 94 valence electrons. The van der Waals surface area contributed by atoms with Crippen LogP contribution in [0.3, 0.4) is 0 Å². The van der Waals surface area contributed by atoms with E-state index in [2.05, 4.69) is 25.7 Å². The number of hydrogen-bond donors (Lipinski definition) is 1. The lowest BCUT2D eigenvalue weighted by atomic mass is 10.1. The number of carbonyl (C=O) groups is 1. The summed E-state index contributed by atoms with van der Waals surface area (Å²) in [6, 6.07) is 5.25. The quantitative estimate of drug-likeness (QED) is 0.797. The van der Waals surface area contributed by atoms with Gasteiger partial charge in [0.1, 0.15) is 5.75 Å². The van der Waals surface area contributed by atoms with Crippen LogP contribution < -0.4 is 4.90 Å². The van der Waals surface area contributed by atoms with Crippen LogP contribution in [-0.2, 0) is 0 Å². The van der Waals surface area contributed by atoms with E-state index >= 15 is 0 Å². The van der Waals surface area contributed by atoms with Gasteiger partial charge in [-0.15, -0.1) is 0 Å². The zero-order chi connectivity index (χ0) is 13.0. The van der Waals surface area contributed by atoms with E-state index in [4.69, 9.17) is 0 Å². The van der Waals surface area contributed by atoms with Gasteiger partial charge in [0.15, 0.2) is 5.78 Å². The minimum Gasteiger partial charge on any atom is -0.507 e. The average Bonchev–Trinajstić information content (AvgIpc) is 2.24.